The Morgan fingerprint density at radius 1 is 1.38 bits per heavy atom. The number of benzene rings is 1. The summed E-state index contributed by atoms with van der Waals surface area (Å²) in [7, 11) is 0. The molecule has 5 nitrogen and oxygen atoms in total. The Bertz CT molecular complexity index is 785. The first-order valence-corrected chi connectivity index (χ1v) is 9.64. The van der Waals surface area contributed by atoms with Gasteiger partial charge in [-0.15, -0.1) is 16.8 Å². The summed E-state index contributed by atoms with van der Waals surface area (Å²) >= 11 is 1.39. The summed E-state index contributed by atoms with van der Waals surface area (Å²) in [6, 6.07) is 5.96. The molecule has 7 heteroatoms. The fraction of sp³-hybridized carbons (Fsp3) is 0.421. The highest BCUT2D eigenvalue weighted by Crippen LogP contribution is 2.40. The van der Waals surface area contributed by atoms with Crippen molar-refractivity contribution < 1.29 is 9.18 Å². The molecule has 1 aliphatic carbocycles. The zero-order valence-electron chi connectivity index (χ0n) is 15.0. The molecule has 0 spiro atoms. The lowest BCUT2D eigenvalue weighted by molar-refractivity contribution is -0.120. The van der Waals surface area contributed by atoms with Gasteiger partial charge in [-0.1, -0.05) is 30.0 Å². The van der Waals surface area contributed by atoms with Crippen LogP contribution in [0.5, 0.6) is 0 Å². The molecule has 3 rings (SSSR count). The predicted octanol–water partition coefficient (Wildman–Crippen LogP) is 3.84. The number of carbonyl (C=O) groups excluding carboxylic acids is 1. The number of nitrogens with zero attached hydrogens (tertiary/aromatic N) is 3. The van der Waals surface area contributed by atoms with Gasteiger partial charge in [-0.3, -0.25) is 4.79 Å². The van der Waals surface area contributed by atoms with Crippen LogP contribution in [0.25, 0.3) is 0 Å². The standard InChI is InChI=1S/C19H23FN4OS/c1-4-11-24-17(15-5-6-15)22-23-19(24)26-13(3)18(25)21-12(2)14-7-9-16(20)10-8-14/h4,7-10,12-13,15H,1,5-6,11H2,2-3H3,(H,21,25). The van der Waals surface area contributed by atoms with Crippen LogP contribution in [0.2, 0.25) is 0 Å². The van der Waals surface area contributed by atoms with Crippen molar-refractivity contribution in [3.05, 3.63) is 54.1 Å². The largest absolute Gasteiger partial charge is 0.349 e. The van der Waals surface area contributed by atoms with Crippen LogP contribution >= 0.6 is 11.8 Å². The number of carbonyl (C=O) groups is 1. The molecule has 1 aromatic heterocycles. The van der Waals surface area contributed by atoms with Crippen molar-refractivity contribution in [1.82, 2.24) is 20.1 Å². The maximum absolute atomic E-state index is 13.0. The zero-order chi connectivity index (χ0) is 18.7. The smallest absolute Gasteiger partial charge is 0.233 e. The minimum Gasteiger partial charge on any atom is -0.349 e. The summed E-state index contributed by atoms with van der Waals surface area (Å²) in [5.74, 6) is 1.09. The molecule has 0 aliphatic heterocycles. The highest BCUT2D eigenvalue weighted by molar-refractivity contribution is 8.00. The Balaban J connectivity index is 1.64. The molecule has 1 N–H and O–H groups in total. The molecule has 26 heavy (non-hydrogen) atoms. The predicted molar refractivity (Wildman–Crippen MR) is 100 cm³/mol. The lowest BCUT2D eigenvalue weighted by atomic mass is 10.1. The van der Waals surface area contributed by atoms with E-state index in [1.807, 2.05) is 24.5 Å². The number of amides is 1. The molecular weight excluding hydrogens is 351 g/mol. The first-order valence-electron chi connectivity index (χ1n) is 8.76. The van der Waals surface area contributed by atoms with Crippen molar-refractivity contribution >= 4 is 17.7 Å². The molecule has 2 aromatic rings. The molecule has 1 fully saturated rings. The number of aromatic nitrogens is 3. The van der Waals surface area contributed by atoms with Crippen molar-refractivity contribution in [2.75, 3.05) is 0 Å². The van der Waals surface area contributed by atoms with E-state index in [-0.39, 0.29) is 23.0 Å². The second-order valence-electron chi connectivity index (χ2n) is 6.56. The number of hydrogen-bond acceptors (Lipinski definition) is 4. The summed E-state index contributed by atoms with van der Waals surface area (Å²) in [5.41, 5.74) is 0.864. The summed E-state index contributed by atoms with van der Waals surface area (Å²) in [5, 5.41) is 12.0. The van der Waals surface area contributed by atoms with E-state index < -0.39 is 0 Å². The van der Waals surface area contributed by atoms with E-state index in [0.717, 1.165) is 29.4 Å². The summed E-state index contributed by atoms with van der Waals surface area (Å²) in [4.78, 5) is 12.5. The third-order valence-corrected chi connectivity index (χ3v) is 5.46. The van der Waals surface area contributed by atoms with Crippen LogP contribution in [-0.2, 0) is 11.3 Å². The van der Waals surface area contributed by atoms with E-state index in [2.05, 4.69) is 22.1 Å². The minimum absolute atomic E-state index is 0.0899. The van der Waals surface area contributed by atoms with E-state index >= 15 is 0 Å². The molecule has 1 saturated carbocycles. The number of rotatable bonds is 8. The summed E-state index contributed by atoms with van der Waals surface area (Å²) in [6.45, 7) is 8.17. The van der Waals surface area contributed by atoms with Gasteiger partial charge in [-0.25, -0.2) is 4.39 Å². The highest BCUT2D eigenvalue weighted by Gasteiger charge is 2.31. The quantitative estimate of drug-likeness (QED) is 0.563. The van der Waals surface area contributed by atoms with Crippen molar-refractivity contribution in [3.8, 4) is 0 Å². The van der Waals surface area contributed by atoms with Crippen LogP contribution in [0.4, 0.5) is 4.39 Å². The normalized spacial score (nSPS) is 16.1. The van der Waals surface area contributed by atoms with Gasteiger partial charge in [-0.05, 0) is 44.4 Å². The van der Waals surface area contributed by atoms with Crippen LogP contribution in [0.1, 0.15) is 50.0 Å². The first kappa shape index (κ1) is 18.6. The Morgan fingerprint density at radius 2 is 2.08 bits per heavy atom. The van der Waals surface area contributed by atoms with E-state index in [1.165, 1.54) is 23.9 Å². The van der Waals surface area contributed by atoms with Gasteiger partial charge in [-0.2, -0.15) is 0 Å². The van der Waals surface area contributed by atoms with Gasteiger partial charge in [0.1, 0.15) is 11.6 Å². The molecule has 2 unspecified atom stereocenters. The van der Waals surface area contributed by atoms with Crippen LogP contribution in [0, 0.1) is 5.82 Å². The van der Waals surface area contributed by atoms with E-state index in [0.29, 0.717) is 12.5 Å². The second kappa shape index (κ2) is 8.03. The Kier molecular flexibility index (Phi) is 5.76. The lowest BCUT2D eigenvalue weighted by Crippen LogP contribution is -2.33. The lowest BCUT2D eigenvalue weighted by Gasteiger charge is -2.18. The number of halogens is 1. The fourth-order valence-electron chi connectivity index (χ4n) is 2.71. The molecule has 2 atom stereocenters. The molecule has 1 amide bonds. The fourth-order valence-corrected chi connectivity index (χ4v) is 3.58. The molecule has 0 bridgehead atoms. The molecule has 138 valence electrons. The molecule has 0 radical (unpaired) electrons. The number of hydrogen-bond donors (Lipinski definition) is 1. The van der Waals surface area contributed by atoms with E-state index in [1.54, 1.807) is 12.1 Å². The second-order valence-corrected chi connectivity index (χ2v) is 7.86. The summed E-state index contributed by atoms with van der Waals surface area (Å²) in [6.07, 6.45) is 4.11. The average Bonchev–Trinajstić information content (AvgIpc) is 3.39. The van der Waals surface area contributed by atoms with Gasteiger partial charge in [0.25, 0.3) is 0 Å². The number of thioether (sulfide) groups is 1. The highest BCUT2D eigenvalue weighted by atomic mass is 32.2. The monoisotopic (exact) mass is 374 g/mol. The van der Waals surface area contributed by atoms with Crippen molar-refractivity contribution in [2.45, 2.75) is 55.6 Å². The third-order valence-electron chi connectivity index (χ3n) is 4.38. The van der Waals surface area contributed by atoms with Crippen molar-refractivity contribution in [2.24, 2.45) is 0 Å². The molecule has 1 aromatic carbocycles. The molecular formula is C19H23FN4OS. The maximum Gasteiger partial charge on any atom is 0.233 e. The van der Waals surface area contributed by atoms with Gasteiger partial charge >= 0.3 is 0 Å². The Labute approximate surface area is 157 Å². The van der Waals surface area contributed by atoms with Crippen LogP contribution in [0.15, 0.2) is 42.1 Å². The van der Waals surface area contributed by atoms with Crippen molar-refractivity contribution in [1.29, 1.82) is 0 Å². The summed E-state index contributed by atoms with van der Waals surface area (Å²) < 4.78 is 15.1. The number of allylic oxidation sites excluding steroid dienone is 1. The SMILES string of the molecule is C=CCn1c(SC(C)C(=O)NC(C)c2ccc(F)cc2)nnc1C1CC1. The van der Waals surface area contributed by atoms with E-state index in [9.17, 15) is 9.18 Å². The zero-order valence-corrected chi connectivity index (χ0v) is 15.8. The Morgan fingerprint density at radius 3 is 2.69 bits per heavy atom. The van der Waals surface area contributed by atoms with Gasteiger partial charge < -0.3 is 9.88 Å². The average molecular weight is 374 g/mol. The number of nitrogens with one attached hydrogen (secondary N) is 1. The van der Waals surface area contributed by atoms with Crippen LogP contribution in [0.3, 0.4) is 0 Å². The van der Waals surface area contributed by atoms with Gasteiger partial charge in [0.2, 0.25) is 5.91 Å². The Hall–Kier alpha value is -2.15. The van der Waals surface area contributed by atoms with Gasteiger partial charge in [0, 0.05) is 12.5 Å². The molecule has 1 heterocycles. The molecule has 1 aliphatic rings. The van der Waals surface area contributed by atoms with E-state index in [4.69, 9.17) is 0 Å². The van der Waals surface area contributed by atoms with Crippen molar-refractivity contribution in [3.63, 3.8) is 0 Å². The minimum atomic E-state index is -0.322. The van der Waals surface area contributed by atoms with Crippen LogP contribution in [-0.4, -0.2) is 25.9 Å². The topological polar surface area (TPSA) is 59.8 Å². The van der Waals surface area contributed by atoms with Gasteiger partial charge in [0.05, 0.1) is 11.3 Å². The van der Waals surface area contributed by atoms with Crippen LogP contribution < -0.4 is 5.32 Å². The van der Waals surface area contributed by atoms with Gasteiger partial charge in [0.15, 0.2) is 5.16 Å². The maximum atomic E-state index is 13.0. The third kappa shape index (κ3) is 4.33. The first-order chi connectivity index (χ1) is 12.5. The molecule has 0 saturated heterocycles.